The van der Waals surface area contributed by atoms with E-state index in [4.69, 9.17) is 4.74 Å². The van der Waals surface area contributed by atoms with Crippen LogP contribution in [0.4, 0.5) is 4.39 Å². The molecule has 0 saturated heterocycles. The summed E-state index contributed by atoms with van der Waals surface area (Å²) in [5.74, 6) is -0.863. The van der Waals surface area contributed by atoms with E-state index in [-0.39, 0.29) is 17.6 Å². The summed E-state index contributed by atoms with van der Waals surface area (Å²) in [6.07, 6.45) is 23.1. The summed E-state index contributed by atoms with van der Waals surface area (Å²) in [7, 11) is 0. The van der Waals surface area contributed by atoms with Gasteiger partial charge in [-0.15, -0.1) is 0 Å². The molecule has 228 valence electrons. The number of hydrogen-bond donors (Lipinski definition) is 0. The van der Waals surface area contributed by atoms with Crippen molar-refractivity contribution in [2.45, 2.75) is 124 Å². The number of rotatable bonds is 20. The molecule has 5 heteroatoms. The molecule has 0 aliphatic heterocycles. The fourth-order valence-electron chi connectivity index (χ4n) is 5.23. The van der Waals surface area contributed by atoms with Gasteiger partial charge in [-0.3, -0.25) is 4.79 Å². The van der Waals surface area contributed by atoms with Gasteiger partial charge in [0, 0.05) is 23.5 Å². The number of halogens is 1. The maximum atomic E-state index is 14.8. The van der Waals surface area contributed by atoms with Crippen LogP contribution in [0.1, 0.15) is 123 Å². The van der Waals surface area contributed by atoms with Crippen LogP contribution in [-0.2, 0) is 11.2 Å². The topological polar surface area (TPSA) is 52.1 Å². The minimum Gasteiger partial charge on any atom is -0.423 e. The molecule has 0 amide bonds. The lowest BCUT2D eigenvalue weighted by Crippen LogP contribution is -2.18. The summed E-state index contributed by atoms with van der Waals surface area (Å²) in [4.78, 5) is 21.4. The number of hydrogen-bond acceptors (Lipinski definition) is 4. The maximum Gasteiger partial charge on any atom is 0.314 e. The minimum atomic E-state index is -0.590. The normalized spacial score (nSPS) is 11.9. The van der Waals surface area contributed by atoms with Gasteiger partial charge in [-0.25, -0.2) is 14.4 Å². The van der Waals surface area contributed by atoms with Gasteiger partial charge in [0.25, 0.3) is 0 Å². The Bertz CT molecular complexity index is 1180. The summed E-state index contributed by atoms with van der Waals surface area (Å²) >= 11 is 0. The molecule has 2 aromatic carbocycles. The standard InChI is InChI=1S/C37H51FN2O2/c1-4-6-8-10-12-13-15-17-19-30-20-22-31(23-21-30)33-27-39-36(40-28-33)32-24-25-35(34(38)26-32)42-37(41)29(3)18-16-14-11-9-7-5-2/h20-29H,4-19H2,1-3H3. The number of esters is 1. The molecular weight excluding hydrogens is 523 g/mol. The van der Waals surface area contributed by atoms with Crippen LogP contribution in [0.5, 0.6) is 5.75 Å². The molecule has 0 aliphatic rings. The lowest BCUT2D eigenvalue weighted by atomic mass is 10.0. The molecule has 42 heavy (non-hydrogen) atoms. The fraction of sp³-hybridized carbons (Fsp3) is 0.541. The van der Waals surface area contributed by atoms with Crippen molar-refractivity contribution in [3.63, 3.8) is 0 Å². The van der Waals surface area contributed by atoms with Gasteiger partial charge in [-0.05, 0) is 48.6 Å². The highest BCUT2D eigenvalue weighted by Crippen LogP contribution is 2.26. The van der Waals surface area contributed by atoms with Crippen LogP contribution in [0.25, 0.3) is 22.5 Å². The molecule has 4 nitrogen and oxygen atoms in total. The summed E-state index contributed by atoms with van der Waals surface area (Å²) in [6, 6.07) is 13.1. The van der Waals surface area contributed by atoms with Crippen LogP contribution >= 0.6 is 0 Å². The molecule has 3 rings (SSSR count). The van der Waals surface area contributed by atoms with Gasteiger partial charge in [0.05, 0.1) is 5.92 Å². The molecule has 0 bridgehead atoms. The smallest absolute Gasteiger partial charge is 0.314 e. The van der Waals surface area contributed by atoms with Gasteiger partial charge < -0.3 is 4.74 Å². The Hall–Kier alpha value is -3.08. The zero-order chi connectivity index (χ0) is 30.0. The van der Waals surface area contributed by atoms with Crippen LogP contribution in [0.15, 0.2) is 54.9 Å². The van der Waals surface area contributed by atoms with Crippen molar-refractivity contribution in [3.8, 4) is 28.3 Å². The summed E-state index contributed by atoms with van der Waals surface area (Å²) < 4.78 is 20.2. The van der Waals surface area contributed by atoms with Gasteiger partial charge in [0.15, 0.2) is 17.4 Å². The third-order valence-corrected chi connectivity index (χ3v) is 8.05. The summed E-state index contributed by atoms with van der Waals surface area (Å²) in [5, 5.41) is 0. The van der Waals surface area contributed by atoms with Crippen molar-refractivity contribution in [2.24, 2.45) is 5.92 Å². The van der Waals surface area contributed by atoms with Crippen molar-refractivity contribution < 1.29 is 13.9 Å². The molecule has 0 saturated carbocycles. The van der Waals surface area contributed by atoms with Crippen molar-refractivity contribution in [1.82, 2.24) is 9.97 Å². The monoisotopic (exact) mass is 574 g/mol. The number of carbonyl (C=O) groups excluding carboxylic acids is 1. The van der Waals surface area contributed by atoms with Gasteiger partial charge in [0.1, 0.15) is 0 Å². The summed E-state index contributed by atoms with van der Waals surface area (Å²) in [6.45, 7) is 6.31. The van der Waals surface area contributed by atoms with E-state index < -0.39 is 5.82 Å². The Labute approximate surface area is 253 Å². The molecule has 0 fully saturated rings. The van der Waals surface area contributed by atoms with Gasteiger partial charge >= 0.3 is 5.97 Å². The van der Waals surface area contributed by atoms with Gasteiger partial charge in [0.2, 0.25) is 0 Å². The highest BCUT2D eigenvalue weighted by molar-refractivity contribution is 5.75. The highest BCUT2D eigenvalue weighted by atomic mass is 19.1. The molecule has 1 unspecified atom stereocenters. The molecular formula is C37H51FN2O2. The molecule has 0 radical (unpaired) electrons. The highest BCUT2D eigenvalue weighted by Gasteiger charge is 2.18. The summed E-state index contributed by atoms with van der Waals surface area (Å²) in [5.41, 5.74) is 3.88. The van der Waals surface area contributed by atoms with E-state index in [2.05, 4.69) is 48.1 Å². The van der Waals surface area contributed by atoms with Crippen molar-refractivity contribution in [2.75, 3.05) is 0 Å². The number of benzene rings is 2. The number of aromatic nitrogens is 2. The van der Waals surface area contributed by atoms with Gasteiger partial charge in [-0.1, -0.05) is 129 Å². The number of unbranched alkanes of at least 4 members (excludes halogenated alkanes) is 12. The second-order valence-electron chi connectivity index (χ2n) is 11.7. The second kappa shape index (κ2) is 19.2. The minimum absolute atomic E-state index is 0.0535. The van der Waals surface area contributed by atoms with E-state index >= 15 is 0 Å². The average Bonchev–Trinajstić information content (AvgIpc) is 3.01. The first-order valence-corrected chi connectivity index (χ1v) is 16.4. The van der Waals surface area contributed by atoms with Crippen LogP contribution in [0, 0.1) is 11.7 Å². The van der Waals surface area contributed by atoms with Crippen molar-refractivity contribution in [1.29, 1.82) is 0 Å². The molecule has 1 aromatic heterocycles. The van der Waals surface area contributed by atoms with E-state index in [9.17, 15) is 9.18 Å². The predicted molar refractivity (Wildman–Crippen MR) is 172 cm³/mol. The predicted octanol–water partition coefficient (Wildman–Crippen LogP) is 10.9. The Kier molecular flexibility index (Phi) is 15.3. The van der Waals surface area contributed by atoms with Gasteiger partial charge in [-0.2, -0.15) is 0 Å². The van der Waals surface area contributed by atoms with E-state index in [1.165, 1.54) is 94.7 Å². The zero-order valence-corrected chi connectivity index (χ0v) is 26.2. The first kappa shape index (κ1) is 33.4. The quantitative estimate of drug-likeness (QED) is 0.0765. The van der Waals surface area contributed by atoms with E-state index in [1.54, 1.807) is 18.5 Å². The maximum absolute atomic E-state index is 14.8. The van der Waals surface area contributed by atoms with Crippen LogP contribution in [0.2, 0.25) is 0 Å². The number of carbonyl (C=O) groups is 1. The fourth-order valence-corrected chi connectivity index (χ4v) is 5.23. The molecule has 1 heterocycles. The van der Waals surface area contributed by atoms with E-state index in [0.717, 1.165) is 36.8 Å². The third-order valence-electron chi connectivity index (χ3n) is 8.05. The largest absolute Gasteiger partial charge is 0.423 e. The molecule has 3 aromatic rings. The van der Waals surface area contributed by atoms with Crippen molar-refractivity contribution in [3.05, 3.63) is 66.2 Å². The first-order chi connectivity index (χ1) is 20.5. The molecule has 0 aliphatic carbocycles. The SMILES string of the molecule is CCCCCCCCCCc1ccc(-c2cnc(-c3ccc(OC(=O)C(C)CCCCCCCC)c(F)c3)nc2)cc1. The van der Waals surface area contributed by atoms with E-state index in [1.807, 2.05) is 6.92 Å². The van der Waals surface area contributed by atoms with Crippen LogP contribution in [0.3, 0.4) is 0 Å². The Morgan fingerprint density at radius 3 is 1.86 bits per heavy atom. The number of ether oxygens (including phenoxy) is 1. The molecule has 0 N–H and O–H groups in total. The Morgan fingerprint density at radius 1 is 0.714 bits per heavy atom. The average molecular weight is 575 g/mol. The molecule has 1 atom stereocenters. The van der Waals surface area contributed by atoms with Crippen LogP contribution < -0.4 is 4.74 Å². The molecule has 0 spiro atoms. The van der Waals surface area contributed by atoms with Crippen molar-refractivity contribution >= 4 is 5.97 Å². The zero-order valence-electron chi connectivity index (χ0n) is 26.2. The van der Waals surface area contributed by atoms with Crippen LogP contribution in [-0.4, -0.2) is 15.9 Å². The first-order valence-electron chi connectivity index (χ1n) is 16.4. The third kappa shape index (κ3) is 11.7. The lowest BCUT2D eigenvalue weighted by molar-refractivity contribution is -0.138. The number of aryl methyl sites for hydroxylation is 1. The Balaban J connectivity index is 1.46. The second-order valence-corrected chi connectivity index (χ2v) is 11.7. The number of nitrogens with zero attached hydrogens (tertiary/aromatic N) is 2. The van der Waals surface area contributed by atoms with E-state index in [0.29, 0.717) is 11.4 Å². The Morgan fingerprint density at radius 2 is 1.26 bits per heavy atom. The lowest BCUT2D eigenvalue weighted by Gasteiger charge is -2.12.